The Labute approximate surface area is 168 Å². The van der Waals surface area contributed by atoms with Crippen molar-refractivity contribution in [2.45, 2.75) is 10.9 Å². The van der Waals surface area contributed by atoms with Crippen LogP contribution in [0.3, 0.4) is 0 Å². The number of nitrogens with one attached hydrogen (secondary N) is 2. The van der Waals surface area contributed by atoms with E-state index in [2.05, 4.69) is 5.32 Å². The maximum Gasteiger partial charge on any atom is 0.275 e. The predicted molar refractivity (Wildman–Crippen MR) is 105 cm³/mol. The molecule has 0 aliphatic rings. The number of hydrogen-bond donors (Lipinski definition) is 3. The number of carbonyl (C=O) groups is 3. The third kappa shape index (κ3) is 4.98. The van der Waals surface area contributed by atoms with Crippen molar-refractivity contribution in [1.82, 2.24) is 15.7 Å². The van der Waals surface area contributed by atoms with E-state index in [1.807, 2.05) is 0 Å². The number of hydrogen-bond acceptors (Lipinski definition) is 6. The summed E-state index contributed by atoms with van der Waals surface area (Å²) in [5.74, 6) is -2.39. The molecule has 0 aliphatic heterocycles. The SMILES string of the molecule is CNC(=O)C(C(=O)NO)N(C)C(=O)c1ccc(-c2ccc(S(C)(=O)=O)cc2)cc1. The smallest absolute Gasteiger partial charge is 0.275 e. The summed E-state index contributed by atoms with van der Waals surface area (Å²) in [6.45, 7) is 0. The number of sulfone groups is 1. The molecule has 29 heavy (non-hydrogen) atoms. The van der Waals surface area contributed by atoms with Crippen LogP contribution in [0.1, 0.15) is 10.4 Å². The Morgan fingerprint density at radius 1 is 0.931 bits per heavy atom. The Morgan fingerprint density at radius 2 is 1.41 bits per heavy atom. The van der Waals surface area contributed by atoms with Crippen molar-refractivity contribution in [2.24, 2.45) is 0 Å². The van der Waals surface area contributed by atoms with Crippen LogP contribution in [0.5, 0.6) is 0 Å². The van der Waals surface area contributed by atoms with Gasteiger partial charge in [-0.05, 0) is 35.4 Å². The van der Waals surface area contributed by atoms with Crippen LogP contribution in [-0.4, -0.2) is 62.6 Å². The first-order chi connectivity index (χ1) is 13.6. The zero-order valence-electron chi connectivity index (χ0n) is 16.0. The van der Waals surface area contributed by atoms with Crippen molar-refractivity contribution >= 4 is 27.6 Å². The Kier molecular flexibility index (Phi) is 6.72. The second kappa shape index (κ2) is 8.84. The molecule has 1 unspecified atom stereocenters. The van der Waals surface area contributed by atoms with Crippen LogP contribution in [-0.2, 0) is 19.4 Å². The van der Waals surface area contributed by atoms with E-state index in [0.29, 0.717) is 0 Å². The zero-order chi connectivity index (χ0) is 21.8. The molecule has 0 aliphatic carbocycles. The number of hydroxylamine groups is 1. The van der Waals surface area contributed by atoms with Gasteiger partial charge in [-0.25, -0.2) is 13.9 Å². The first-order valence-corrected chi connectivity index (χ1v) is 10.3. The van der Waals surface area contributed by atoms with Gasteiger partial charge in [-0.15, -0.1) is 0 Å². The van der Waals surface area contributed by atoms with E-state index in [1.165, 1.54) is 43.8 Å². The van der Waals surface area contributed by atoms with Gasteiger partial charge in [-0.1, -0.05) is 24.3 Å². The Morgan fingerprint density at radius 3 is 1.83 bits per heavy atom. The molecule has 2 aromatic carbocycles. The van der Waals surface area contributed by atoms with E-state index >= 15 is 0 Å². The molecule has 10 heteroatoms. The predicted octanol–water partition coefficient (Wildman–Crippen LogP) is 0.449. The van der Waals surface area contributed by atoms with Crippen LogP contribution in [0.25, 0.3) is 11.1 Å². The lowest BCUT2D eigenvalue weighted by Crippen LogP contribution is -2.54. The summed E-state index contributed by atoms with van der Waals surface area (Å²) in [4.78, 5) is 37.4. The largest absolute Gasteiger partial charge is 0.357 e. The van der Waals surface area contributed by atoms with Gasteiger partial charge in [0.05, 0.1) is 4.90 Å². The molecule has 0 fully saturated rings. The fraction of sp³-hybridized carbons (Fsp3) is 0.211. The minimum atomic E-state index is -3.29. The number of benzene rings is 2. The second-order valence-corrected chi connectivity index (χ2v) is 8.30. The number of nitrogens with zero attached hydrogens (tertiary/aromatic N) is 1. The Balaban J connectivity index is 2.25. The lowest BCUT2D eigenvalue weighted by Gasteiger charge is -2.25. The Hall–Kier alpha value is -3.24. The molecule has 0 saturated heterocycles. The van der Waals surface area contributed by atoms with Gasteiger partial charge in [-0.2, -0.15) is 0 Å². The molecule has 2 aromatic rings. The molecule has 0 bridgehead atoms. The standard InChI is InChI=1S/C19H21N3O6S/c1-20-17(23)16(18(24)21-26)22(2)19(25)14-6-4-12(5-7-14)13-8-10-15(11-9-13)29(3,27)28/h4-11,16,26H,1-3H3,(H,20,23)(H,21,24). The first kappa shape index (κ1) is 22.1. The van der Waals surface area contributed by atoms with Crippen molar-refractivity contribution in [2.75, 3.05) is 20.4 Å². The lowest BCUT2D eigenvalue weighted by molar-refractivity contribution is -0.140. The highest BCUT2D eigenvalue weighted by Gasteiger charge is 2.33. The van der Waals surface area contributed by atoms with Crippen LogP contribution in [0.2, 0.25) is 0 Å². The van der Waals surface area contributed by atoms with Crippen molar-refractivity contribution in [3.05, 3.63) is 54.1 Å². The first-order valence-electron chi connectivity index (χ1n) is 8.43. The maximum absolute atomic E-state index is 12.6. The fourth-order valence-corrected chi connectivity index (χ4v) is 3.32. The molecule has 3 amide bonds. The van der Waals surface area contributed by atoms with Crippen LogP contribution in [0.15, 0.2) is 53.4 Å². The van der Waals surface area contributed by atoms with E-state index in [-0.39, 0.29) is 10.5 Å². The van der Waals surface area contributed by atoms with Crippen molar-refractivity contribution in [3.63, 3.8) is 0 Å². The highest BCUT2D eigenvalue weighted by atomic mass is 32.2. The average molecular weight is 419 g/mol. The maximum atomic E-state index is 12.6. The minimum Gasteiger partial charge on any atom is -0.357 e. The third-order valence-corrected chi connectivity index (χ3v) is 5.44. The van der Waals surface area contributed by atoms with E-state index in [0.717, 1.165) is 22.3 Å². The molecular formula is C19H21N3O6S. The highest BCUT2D eigenvalue weighted by molar-refractivity contribution is 7.90. The zero-order valence-corrected chi connectivity index (χ0v) is 16.9. The van der Waals surface area contributed by atoms with Gasteiger partial charge in [0.25, 0.3) is 17.7 Å². The molecule has 154 valence electrons. The molecule has 0 heterocycles. The van der Waals surface area contributed by atoms with Gasteiger partial charge < -0.3 is 10.2 Å². The topological polar surface area (TPSA) is 133 Å². The van der Waals surface area contributed by atoms with Gasteiger partial charge in [0, 0.05) is 25.9 Å². The Bertz CT molecular complexity index is 1000. The summed E-state index contributed by atoms with van der Waals surface area (Å²) < 4.78 is 23.1. The van der Waals surface area contributed by atoms with Gasteiger partial charge in [0.15, 0.2) is 15.9 Å². The number of amides is 3. The highest BCUT2D eigenvalue weighted by Crippen LogP contribution is 2.22. The van der Waals surface area contributed by atoms with E-state index in [1.54, 1.807) is 24.3 Å². The summed E-state index contributed by atoms with van der Waals surface area (Å²) in [5, 5.41) is 11.1. The molecule has 0 saturated carbocycles. The molecule has 0 aromatic heterocycles. The summed E-state index contributed by atoms with van der Waals surface area (Å²) in [6.07, 6.45) is 1.13. The van der Waals surface area contributed by atoms with E-state index in [4.69, 9.17) is 5.21 Å². The summed E-state index contributed by atoms with van der Waals surface area (Å²) in [6, 6.07) is 11.2. The molecule has 3 N–H and O–H groups in total. The summed E-state index contributed by atoms with van der Waals surface area (Å²) >= 11 is 0. The lowest BCUT2D eigenvalue weighted by atomic mass is 10.0. The summed E-state index contributed by atoms with van der Waals surface area (Å²) in [7, 11) is -0.709. The van der Waals surface area contributed by atoms with Gasteiger partial charge in [0.1, 0.15) is 0 Å². The molecule has 0 spiro atoms. The number of likely N-dealkylation sites (N-methyl/N-ethyl adjacent to an activating group) is 2. The molecule has 2 rings (SSSR count). The second-order valence-electron chi connectivity index (χ2n) is 6.28. The summed E-state index contributed by atoms with van der Waals surface area (Å²) in [5.41, 5.74) is 3.11. The third-order valence-electron chi connectivity index (χ3n) is 4.31. The number of carbonyl (C=O) groups excluding carboxylic acids is 3. The van der Waals surface area contributed by atoms with Crippen LogP contribution < -0.4 is 10.8 Å². The molecule has 1 atom stereocenters. The normalized spacial score (nSPS) is 12.0. The minimum absolute atomic E-state index is 0.206. The van der Waals surface area contributed by atoms with Crippen LogP contribution in [0, 0.1) is 0 Å². The van der Waals surface area contributed by atoms with Crippen molar-refractivity contribution in [3.8, 4) is 11.1 Å². The van der Waals surface area contributed by atoms with Gasteiger partial charge in [0.2, 0.25) is 0 Å². The average Bonchev–Trinajstić information content (AvgIpc) is 2.72. The number of rotatable bonds is 6. The monoisotopic (exact) mass is 419 g/mol. The molecular weight excluding hydrogens is 398 g/mol. The van der Waals surface area contributed by atoms with Crippen molar-refractivity contribution < 1.29 is 28.0 Å². The quantitative estimate of drug-likeness (QED) is 0.354. The van der Waals surface area contributed by atoms with Crippen molar-refractivity contribution in [1.29, 1.82) is 0 Å². The van der Waals surface area contributed by atoms with Gasteiger partial charge in [-0.3, -0.25) is 19.6 Å². The van der Waals surface area contributed by atoms with Crippen LogP contribution >= 0.6 is 0 Å². The molecule has 0 radical (unpaired) electrons. The molecule has 9 nitrogen and oxygen atoms in total. The van der Waals surface area contributed by atoms with Crippen LogP contribution in [0.4, 0.5) is 0 Å². The van der Waals surface area contributed by atoms with E-state index < -0.39 is 33.6 Å². The van der Waals surface area contributed by atoms with Gasteiger partial charge >= 0.3 is 0 Å². The fourth-order valence-electron chi connectivity index (χ4n) is 2.69. The van der Waals surface area contributed by atoms with E-state index in [9.17, 15) is 22.8 Å².